The molecule has 0 bridgehead atoms. The molecule has 1 aromatic carbocycles. The Morgan fingerprint density at radius 2 is 2.04 bits per heavy atom. The Morgan fingerprint density at radius 3 is 2.72 bits per heavy atom. The number of unbranched alkanes of at least 4 members (excludes halogenated alkanes) is 2. The van der Waals surface area contributed by atoms with Crippen molar-refractivity contribution in [3.63, 3.8) is 0 Å². The standard InChI is InChI=1S/C18H22ClN3O2S/c1-3-4-5-6-16(23)14-9-12(2)7-8-15(14)21-17(24)22-18-20-13(10-19)11-25-18/h7-9,11H,3-6,10H2,1-2H3,(H2,20,21,22,24). The maximum Gasteiger partial charge on any atom is 0.325 e. The maximum absolute atomic E-state index is 12.5. The van der Waals surface area contributed by atoms with Crippen molar-refractivity contribution in [1.29, 1.82) is 0 Å². The van der Waals surface area contributed by atoms with Gasteiger partial charge in [0, 0.05) is 17.4 Å². The summed E-state index contributed by atoms with van der Waals surface area (Å²) in [6.07, 6.45) is 3.43. The number of anilines is 2. The summed E-state index contributed by atoms with van der Waals surface area (Å²) in [6.45, 7) is 4.03. The quantitative estimate of drug-likeness (QED) is 0.356. The summed E-state index contributed by atoms with van der Waals surface area (Å²) in [5.41, 5.74) is 2.76. The van der Waals surface area contributed by atoms with E-state index in [0.717, 1.165) is 24.8 Å². The summed E-state index contributed by atoms with van der Waals surface area (Å²) in [7, 11) is 0. The minimum absolute atomic E-state index is 0.0473. The fourth-order valence-electron chi connectivity index (χ4n) is 2.34. The van der Waals surface area contributed by atoms with Crippen LogP contribution in [0.25, 0.3) is 0 Å². The van der Waals surface area contributed by atoms with Crippen LogP contribution in [0.1, 0.15) is 54.2 Å². The first-order chi connectivity index (χ1) is 12.0. The van der Waals surface area contributed by atoms with Gasteiger partial charge in [-0.05, 0) is 25.5 Å². The van der Waals surface area contributed by atoms with Crippen molar-refractivity contribution in [2.24, 2.45) is 0 Å². The predicted molar refractivity (Wildman–Crippen MR) is 104 cm³/mol. The Hall–Kier alpha value is -1.92. The Labute approximate surface area is 156 Å². The van der Waals surface area contributed by atoms with Crippen LogP contribution in [0.5, 0.6) is 0 Å². The highest BCUT2D eigenvalue weighted by molar-refractivity contribution is 7.14. The highest BCUT2D eigenvalue weighted by Crippen LogP contribution is 2.22. The number of benzene rings is 1. The fraction of sp³-hybridized carbons (Fsp3) is 0.389. The number of thiazole rings is 1. The SMILES string of the molecule is CCCCCC(=O)c1cc(C)ccc1NC(=O)Nc1nc(CCl)cs1. The first kappa shape index (κ1) is 19.4. The van der Waals surface area contributed by atoms with E-state index in [9.17, 15) is 9.59 Å². The number of nitrogens with one attached hydrogen (secondary N) is 2. The molecule has 0 atom stereocenters. The number of carbonyl (C=O) groups is 2. The predicted octanol–water partition coefficient (Wildman–Crippen LogP) is 5.60. The van der Waals surface area contributed by atoms with Crippen molar-refractivity contribution in [1.82, 2.24) is 4.98 Å². The number of amides is 2. The number of hydrogen-bond donors (Lipinski definition) is 2. The van der Waals surface area contributed by atoms with Gasteiger partial charge in [-0.25, -0.2) is 9.78 Å². The third-order valence-corrected chi connectivity index (χ3v) is 4.72. The molecular formula is C18H22ClN3O2S. The Balaban J connectivity index is 2.07. The van der Waals surface area contributed by atoms with Gasteiger partial charge in [0.25, 0.3) is 0 Å². The van der Waals surface area contributed by atoms with Gasteiger partial charge in [0.05, 0.1) is 17.3 Å². The van der Waals surface area contributed by atoms with Crippen LogP contribution in [0, 0.1) is 6.92 Å². The number of ketones is 1. The van der Waals surface area contributed by atoms with Crippen LogP contribution in [0.2, 0.25) is 0 Å². The Bertz CT molecular complexity index is 746. The monoisotopic (exact) mass is 379 g/mol. The molecule has 5 nitrogen and oxygen atoms in total. The number of halogens is 1. The first-order valence-electron chi connectivity index (χ1n) is 8.25. The van der Waals surface area contributed by atoms with Gasteiger partial charge < -0.3 is 5.32 Å². The maximum atomic E-state index is 12.5. The Morgan fingerprint density at radius 1 is 1.24 bits per heavy atom. The van der Waals surface area contributed by atoms with E-state index in [2.05, 4.69) is 22.5 Å². The molecule has 25 heavy (non-hydrogen) atoms. The largest absolute Gasteiger partial charge is 0.325 e. The number of hydrogen-bond acceptors (Lipinski definition) is 4. The van der Waals surface area contributed by atoms with E-state index in [1.165, 1.54) is 11.3 Å². The molecule has 1 aromatic heterocycles. The number of rotatable bonds is 8. The summed E-state index contributed by atoms with van der Waals surface area (Å²) in [4.78, 5) is 28.9. The smallest absolute Gasteiger partial charge is 0.307 e. The van der Waals surface area contributed by atoms with Crippen LogP contribution < -0.4 is 10.6 Å². The number of alkyl halides is 1. The topological polar surface area (TPSA) is 71.1 Å². The van der Waals surface area contributed by atoms with Gasteiger partial charge in [-0.3, -0.25) is 10.1 Å². The van der Waals surface area contributed by atoms with E-state index < -0.39 is 6.03 Å². The van der Waals surface area contributed by atoms with E-state index >= 15 is 0 Å². The zero-order valence-corrected chi connectivity index (χ0v) is 16.0. The van der Waals surface area contributed by atoms with Crippen molar-refractivity contribution in [3.05, 3.63) is 40.4 Å². The minimum atomic E-state index is -0.429. The van der Waals surface area contributed by atoms with E-state index in [1.807, 2.05) is 19.1 Å². The summed E-state index contributed by atoms with van der Waals surface area (Å²) in [5, 5.41) is 7.67. The zero-order chi connectivity index (χ0) is 18.2. The number of aromatic nitrogens is 1. The molecule has 0 saturated heterocycles. The molecule has 2 rings (SSSR count). The van der Waals surface area contributed by atoms with Crippen LogP contribution in [-0.4, -0.2) is 16.8 Å². The van der Waals surface area contributed by atoms with Crippen LogP contribution in [-0.2, 0) is 5.88 Å². The third-order valence-electron chi connectivity index (χ3n) is 3.64. The summed E-state index contributed by atoms with van der Waals surface area (Å²) in [6, 6.07) is 5.02. The van der Waals surface area contributed by atoms with Crippen molar-refractivity contribution < 1.29 is 9.59 Å². The minimum Gasteiger partial charge on any atom is -0.307 e. The number of Topliss-reactive ketones (excluding diaryl/α,β-unsaturated/α-hetero) is 1. The third kappa shape index (κ3) is 5.83. The molecular weight excluding hydrogens is 358 g/mol. The molecule has 0 aliphatic rings. The van der Waals surface area contributed by atoms with Crippen LogP contribution in [0.4, 0.5) is 15.6 Å². The first-order valence-corrected chi connectivity index (χ1v) is 9.67. The molecule has 0 spiro atoms. The van der Waals surface area contributed by atoms with Gasteiger partial charge in [0.15, 0.2) is 10.9 Å². The van der Waals surface area contributed by atoms with E-state index in [1.54, 1.807) is 11.4 Å². The fourth-order valence-corrected chi connectivity index (χ4v) is 3.28. The lowest BCUT2D eigenvalue weighted by molar-refractivity contribution is 0.0980. The molecule has 0 saturated carbocycles. The molecule has 0 fully saturated rings. The molecule has 7 heteroatoms. The summed E-state index contributed by atoms with van der Waals surface area (Å²) >= 11 is 7.01. The average Bonchev–Trinajstić information content (AvgIpc) is 3.04. The number of nitrogens with zero attached hydrogens (tertiary/aromatic N) is 1. The second-order valence-electron chi connectivity index (χ2n) is 5.79. The van der Waals surface area contributed by atoms with E-state index in [4.69, 9.17) is 11.6 Å². The molecule has 0 aliphatic heterocycles. The van der Waals surface area contributed by atoms with Gasteiger partial charge >= 0.3 is 6.03 Å². The van der Waals surface area contributed by atoms with Crippen LogP contribution >= 0.6 is 22.9 Å². The number of aryl methyl sites for hydroxylation is 1. The number of urea groups is 1. The summed E-state index contributed by atoms with van der Waals surface area (Å²) in [5.74, 6) is 0.347. The highest BCUT2D eigenvalue weighted by atomic mass is 35.5. The van der Waals surface area contributed by atoms with Gasteiger partial charge in [0.1, 0.15) is 0 Å². The van der Waals surface area contributed by atoms with Crippen LogP contribution in [0.3, 0.4) is 0 Å². The lowest BCUT2D eigenvalue weighted by atomic mass is 10.0. The summed E-state index contributed by atoms with van der Waals surface area (Å²) < 4.78 is 0. The molecule has 0 aliphatic carbocycles. The molecule has 0 radical (unpaired) electrons. The lowest BCUT2D eigenvalue weighted by Gasteiger charge is -2.11. The van der Waals surface area contributed by atoms with Crippen molar-refractivity contribution in [3.8, 4) is 0 Å². The highest BCUT2D eigenvalue weighted by Gasteiger charge is 2.14. The molecule has 134 valence electrons. The number of carbonyl (C=O) groups excluding carboxylic acids is 2. The zero-order valence-electron chi connectivity index (χ0n) is 14.4. The Kier molecular flexibility index (Phi) is 7.40. The van der Waals surface area contributed by atoms with Gasteiger partial charge in [-0.1, -0.05) is 31.4 Å². The average molecular weight is 380 g/mol. The molecule has 0 unspecified atom stereocenters. The van der Waals surface area contributed by atoms with Gasteiger partial charge in [-0.2, -0.15) is 0 Å². The van der Waals surface area contributed by atoms with Crippen molar-refractivity contribution in [2.45, 2.75) is 45.4 Å². The van der Waals surface area contributed by atoms with Gasteiger partial charge in [0.2, 0.25) is 0 Å². The van der Waals surface area contributed by atoms with Gasteiger partial charge in [-0.15, -0.1) is 22.9 Å². The molecule has 1 heterocycles. The second kappa shape index (κ2) is 9.53. The lowest BCUT2D eigenvalue weighted by Crippen LogP contribution is -2.21. The van der Waals surface area contributed by atoms with Crippen molar-refractivity contribution >= 4 is 45.6 Å². The molecule has 2 N–H and O–H groups in total. The second-order valence-corrected chi connectivity index (χ2v) is 6.91. The normalized spacial score (nSPS) is 10.5. The van der Waals surface area contributed by atoms with Crippen LogP contribution in [0.15, 0.2) is 23.6 Å². The van der Waals surface area contributed by atoms with E-state index in [-0.39, 0.29) is 5.78 Å². The van der Waals surface area contributed by atoms with Crippen molar-refractivity contribution in [2.75, 3.05) is 10.6 Å². The molecule has 2 amide bonds. The van der Waals surface area contributed by atoms with E-state index in [0.29, 0.717) is 34.4 Å². The molecule has 2 aromatic rings.